The molecule has 3 heteroatoms. The lowest BCUT2D eigenvalue weighted by molar-refractivity contribution is -0.125. The maximum atomic E-state index is 12.8. The first-order chi connectivity index (χ1) is 12.0. The zero-order valence-electron chi connectivity index (χ0n) is 15.4. The number of hydrogen-bond acceptors (Lipinski definition) is 3. The van der Waals surface area contributed by atoms with Gasteiger partial charge in [-0.3, -0.25) is 4.79 Å². The number of hydrogen-bond donors (Lipinski definition) is 0. The van der Waals surface area contributed by atoms with Crippen molar-refractivity contribution in [3.63, 3.8) is 0 Å². The number of benzene rings is 2. The SMILES string of the molecule is COc1ccc2c(c1)C(C)(CCN(C)Cc1ccccc1)C(=O)CC2. The molecule has 0 aromatic heterocycles. The van der Waals surface area contributed by atoms with Gasteiger partial charge in [-0.15, -0.1) is 0 Å². The highest BCUT2D eigenvalue weighted by molar-refractivity contribution is 5.92. The second-order valence-electron chi connectivity index (χ2n) is 7.25. The summed E-state index contributed by atoms with van der Waals surface area (Å²) >= 11 is 0. The largest absolute Gasteiger partial charge is 0.497 e. The summed E-state index contributed by atoms with van der Waals surface area (Å²) in [6.07, 6.45) is 2.31. The minimum Gasteiger partial charge on any atom is -0.497 e. The molecule has 1 aliphatic carbocycles. The Hall–Kier alpha value is -2.13. The highest BCUT2D eigenvalue weighted by Gasteiger charge is 2.39. The fourth-order valence-corrected chi connectivity index (χ4v) is 3.75. The Morgan fingerprint density at radius 1 is 1.12 bits per heavy atom. The van der Waals surface area contributed by atoms with E-state index in [0.717, 1.165) is 37.2 Å². The molecule has 1 aliphatic rings. The number of nitrogens with zero attached hydrogens (tertiary/aromatic N) is 1. The Morgan fingerprint density at radius 2 is 1.88 bits per heavy atom. The van der Waals surface area contributed by atoms with Gasteiger partial charge in [0.2, 0.25) is 0 Å². The zero-order chi connectivity index (χ0) is 17.9. The molecule has 0 N–H and O–H groups in total. The van der Waals surface area contributed by atoms with Crippen molar-refractivity contribution in [3.05, 3.63) is 65.2 Å². The van der Waals surface area contributed by atoms with Crippen molar-refractivity contribution in [2.45, 2.75) is 38.1 Å². The van der Waals surface area contributed by atoms with Crippen LogP contribution in [0.4, 0.5) is 0 Å². The molecule has 3 nitrogen and oxygen atoms in total. The van der Waals surface area contributed by atoms with Crippen molar-refractivity contribution in [3.8, 4) is 5.75 Å². The van der Waals surface area contributed by atoms with Crippen LogP contribution < -0.4 is 4.74 Å². The van der Waals surface area contributed by atoms with E-state index in [1.54, 1.807) is 7.11 Å². The van der Waals surface area contributed by atoms with Crippen molar-refractivity contribution in [2.24, 2.45) is 0 Å². The molecule has 0 spiro atoms. The van der Waals surface area contributed by atoms with Gasteiger partial charge < -0.3 is 9.64 Å². The van der Waals surface area contributed by atoms with Gasteiger partial charge in [0.1, 0.15) is 11.5 Å². The van der Waals surface area contributed by atoms with Crippen molar-refractivity contribution in [1.82, 2.24) is 4.90 Å². The van der Waals surface area contributed by atoms with E-state index in [1.165, 1.54) is 11.1 Å². The third-order valence-electron chi connectivity index (χ3n) is 5.44. The Balaban J connectivity index is 1.75. The molecule has 0 aliphatic heterocycles. The van der Waals surface area contributed by atoms with Gasteiger partial charge in [-0.1, -0.05) is 36.4 Å². The van der Waals surface area contributed by atoms with Gasteiger partial charge in [0.25, 0.3) is 0 Å². The van der Waals surface area contributed by atoms with Crippen LogP contribution in [0.3, 0.4) is 0 Å². The topological polar surface area (TPSA) is 29.5 Å². The summed E-state index contributed by atoms with van der Waals surface area (Å²) in [5, 5.41) is 0. The van der Waals surface area contributed by atoms with Gasteiger partial charge in [-0.25, -0.2) is 0 Å². The zero-order valence-corrected chi connectivity index (χ0v) is 15.4. The number of rotatable bonds is 6. The van der Waals surface area contributed by atoms with E-state index in [1.807, 2.05) is 12.1 Å². The highest BCUT2D eigenvalue weighted by Crippen LogP contribution is 2.39. The lowest BCUT2D eigenvalue weighted by Gasteiger charge is -2.36. The van der Waals surface area contributed by atoms with E-state index in [4.69, 9.17) is 4.74 Å². The van der Waals surface area contributed by atoms with E-state index < -0.39 is 5.41 Å². The molecule has 2 aromatic rings. The van der Waals surface area contributed by atoms with Crippen LogP contribution in [-0.2, 0) is 23.2 Å². The number of fused-ring (bicyclic) bond motifs is 1. The van der Waals surface area contributed by atoms with E-state index in [9.17, 15) is 4.79 Å². The number of carbonyl (C=O) groups excluding carboxylic acids is 1. The molecular weight excluding hydrogens is 310 g/mol. The highest BCUT2D eigenvalue weighted by atomic mass is 16.5. The lowest BCUT2D eigenvalue weighted by Crippen LogP contribution is -2.40. The third-order valence-corrected chi connectivity index (χ3v) is 5.44. The predicted molar refractivity (Wildman–Crippen MR) is 101 cm³/mol. The van der Waals surface area contributed by atoms with Crippen LogP contribution >= 0.6 is 0 Å². The van der Waals surface area contributed by atoms with Gasteiger partial charge in [-0.05, 0) is 62.2 Å². The summed E-state index contributed by atoms with van der Waals surface area (Å²) < 4.78 is 5.39. The fourth-order valence-electron chi connectivity index (χ4n) is 3.75. The summed E-state index contributed by atoms with van der Waals surface area (Å²) in [5.74, 6) is 1.18. The van der Waals surface area contributed by atoms with Crippen LogP contribution in [0.15, 0.2) is 48.5 Å². The average Bonchev–Trinajstić information content (AvgIpc) is 2.64. The van der Waals surface area contributed by atoms with Crippen LogP contribution in [0, 0.1) is 0 Å². The molecule has 0 radical (unpaired) electrons. The number of carbonyl (C=O) groups is 1. The van der Waals surface area contributed by atoms with Gasteiger partial charge in [0, 0.05) is 13.0 Å². The number of ether oxygens (including phenoxy) is 1. The first-order valence-corrected chi connectivity index (χ1v) is 8.96. The molecule has 0 heterocycles. The molecular formula is C22H27NO2. The van der Waals surface area contributed by atoms with E-state index in [0.29, 0.717) is 12.2 Å². The lowest BCUT2D eigenvalue weighted by atomic mass is 9.68. The van der Waals surface area contributed by atoms with Gasteiger partial charge >= 0.3 is 0 Å². The number of aryl methyl sites for hydroxylation is 1. The van der Waals surface area contributed by atoms with E-state index >= 15 is 0 Å². The number of methoxy groups -OCH3 is 1. The molecule has 132 valence electrons. The standard InChI is InChI=1S/C22H27NO2/c1-22(13-14-23(2)16-17-7-5-4-6-8-17)20-15-19(25-3)11-9-18(20)10-12-21(22)24/h4-9,11,15H,10,12-14,16H2,1-3H3. The minimum atomic E-state index is -0.424. The first-order valence-electron chi connectivity index (χ1n) is 8.96. The van der Waals surface area contributed by atoms with Crippen LogP contribution in [-0.4, -0.2) is 31.4 Å². The van der Waals surface area contributed by atoms with Crippen molar-refractivity contribution in [2.75, 3.05) is 20.7 Å². The Labute approximate surface area is 150 Å². The van der Waals surface area contributed by atoms with Crippen molar-refractivity contribution in [1.29, 1.82) is 0 Å². The van der Waals surface area contributed by atoms with Crippen LogP contribution in [0.1, 0.15) is 36.5 Å². The summed E-state index contributed by atoms with van der Waals surface area (Å²) in [6, 6.07) is 16.6. The first kappa shape index (κ1) is 17.7. The van der Waals surface area contributed by atoms with Crippen molar-refractivity contribution >= 4 is 5.78 Å². The second-order valence-corrected chi connectivity index (χ2v) is 7.25. The molecule has 1 atom stereocenters. The summed E-state index contributed by atoms with van der Waals surface area (Å²) in [6.45, 7) is 3.88. The fraction of sp³-hybridized carbons (Fsp3) is 0.409. The molecule has 1 unspecified atom stereocenters. The Morgan fingerprint density at radius 3 is 2.60 bits per heavy atom. The second kappa shape index (κ2) is 7.40. The number of ketones is 1. The van der Waals surface area contributed by atoms with Gasteiger partial charge in [0.05, 0.1) is 12.5 Å². The maximum Gasteiger partial charge on any atom is 0.143 e. The monoisotopic (exact) mass is 337 g/mol. The Bertz CT molecular complexity index is 741. The average molecular weight is 337 g/mol. The molecule has 0 fully saturated rings. The van der Waals surface area contributed by atoms with Crippen LogP contribution in [0.2, 0.25) is 0 Å². The van der Waals surface area contributed by atoms with E-state index in [2.05, 4.69) is 55.3 Å². The normalized spacial score (nSPS) is 19.8. The predicted octanol–water partition coefficient (Wildman–Crippen LogP) is 3.99. The molecule has 0 saturated heterocycles. The van der Waals surface area contributed by atoms with Gasteiger partial charge in [-0.2, -0.15) is 0 Å². The molecule has 0 amide bonds. The van der Waals surface area contributed by atoms with E-state index in [-0.39, 0.29) is 0 Å². The molecule has 3 rings (SSSR count). The molecule has 2 aromatic carbocycles. The molecule has 0 saturated carbocycles. The van der Waals surface area contributed by atoms with Crippen LogP contribution in [0.25, 0.3) is 0 Å². The summed E-state index contributed by atoms with van der Waals surface area (Å²) in [7, 11) is 3.80. The minimum absolute atomic E-state index is 0.348. The third kappa shape index (κ3) is 3.77. The maximum absolute atomic E-state index is 12.8. The smallest absolute Gasteiger partial charge is 0.143 e. The number of Topliss-reactive ketones (excluding diaryl/α,β-unsaturated/α-hetero) is 1. The van der Waals surface area contributed by atoms with Gasteiger partial charge in [0.15, 0.2) is 0 Å². The summed E-state index contributed by atoms with van der Waals surface area (Å²) in [4.78, 5) is 15.1. The quantitative estimate of drug-likeness (QED) is 0.798. The Kier molecular flexibility index (Phi) is 5.24. The molecule has 25 heavy (non-hydrogen) atoms. The summed E-state index contributed by atoms with van der Waals surface area (Å²) in [5.41, 5.74) is 3.31. The van der Waals surface area contributed by atoms with Crippen molar-refractivity contribution < 1.29 is 9.53 Å². The van der Waals surface area contributed by atoms with Crippen LogP contribution in [0.5, 0.6) is 5.75 Å². The molecule has 0 bridgehead atoms.